The van der Waals surface area contributed by atoms with Crippen LogP contribution in [-0.4, -0.2) is 38.0 Å². The minimum atomic E-state index is -4.40. The molecule has 0 spiro atoms. The summed E-state index contributed by atoms with van der Waals surface area (Å²) in [6.45, 7) is 0.278. The Balaban J connectivity index is 1.67. The van der Waals surface area contributed by atoms with Crippen molar-refractivity contribution in [3.05, 3.63) is 47.8 Å². The van der Waals surface area contributed by atoms with Gasteiger partial charge in [0.05, 0.1) is 16.7 Å². The summed E-state index contributed by atoms with van der Waals surface area (Å²) in [4.78, 5) is 11.5. The zero-order chi connectivity index (χ0) is 18.7. The number of imidazole rings is 1. The van der Waals surface area contributed by atoms with E-state index in [1.807, 2.05) is 24.3 Å². The maximum absolute atomic E-state index is 12.5. The highest BCUT2D eigenvalue weighted by molar-refractivity contribution is 7.91. The summed E-state index contributed by atoms with van der Waals surface area (Å²) in [5.41, 5.74) is 2.59. The summed E-state index contributed by atoms with van der Waals surface area (Å²) in [6, 6.07) is 8.75. The third kappa shape index (κ3) is 4.47. The number of para-hydroxylation sites is 2. The molecule has 3 rings (SSSR count). The predicted molar refractivity (Wildman–Crippen MR) is 91.6 cm³/mol. The zero-order valence-corrected chi connectivity index (χ0v) is 14.7. The van der Waals surface area contributed by atoms with Crippen LogP contribution in [0, 0.1) is 6.92 Å². The Morgan fingerprint density at radius 3 is 2.73 bits per heavy atom. The molecule has 0 fully saturated rings. The number of fused-ring (bicyclic) bond motifs is 1. The molecule has 0 aliphatic carbocycles. The number of halogens is 3. The Morgan fingerprint density at radius 1 is 1.23 bits per heavy atom. The monoisotopic (exact) mass is 383 g/mol. The largest absolute Gasteiger partial charge is 0.609 e. The van der Waals surface area contributed by atoms with E-state index in [0.717, 1.165) is 11.0 Å². The third-order valence-electron chi connectivity index (χ3n) is 3.76. The molecule has 1 aromatic carbocycles. The summed E-state index contributed by atoms with van der Waals surface area (Å²) < 4.78 is 54.2. The van der Waals surface area contributed by atoms with E-state index in [2.05, 4.69) is 15.0 Å². The fraction of sp³-hybridized carbons (Fsp3) is 0.294. The topological polar surface area (TPSA) is 73.9 Å². The molecule has 1 unspecified atom stereocenters. The number of benzene rings is 1. The number of alkyl halides is 3. The van der Waals surface area contributed by atoms with E-state index in [4.69, 9.17) is 4.74 Å². The third-order valence-corrected chi connectivity index (χ3v) is 4.96. The summed E-state index contributed by atoms with van der Waals surface area (Å²) in [5, 5.41) is 0.369. The first-order chi connectivity index (χ1) is 12.3. The quantitative estimate of drug-likeness (QED) is 0.661. The van der Waals surface area contributed by atoms with Gasteiger partial charge >= 0.3 is 11.3 Å². The van der Waals surface area contributed by atoms with Gasteiger partial charge in [0.25, 0.3) is 0 Å². The second-order valence-corrected chi connectivity index (χ2v) is 7.13. The van der Waals surface area contributed by atoms with Crippen molar-refractivity contribution in [2.24, 2.45) is 0 Å². The lowest BCUT2D eigenvalue weighted by molar-refractivity contribution is -0.153. The lowest BCUT2D eigenvalue weighted by atomic mass is 10.1. The van der Waals surface area contributed by atoms with Gasteiger partial charge in [-0.05, 0) is 25.1 Å². The first-order valence-corrected chi connectivity index (χ1v) is 9.12. The fourth-order valence-corrected chi connectivity index (χ4v) is 3.45. The molecular weight excluding hydrogens is 367 g/mol. The van der Waals surface area contributed by atoms with Gasteiger partial charge in [-0.2, -0.15) is 18.2 Å². The van der Waals surface area contributed by atoms with Gasteiger partial charge in [0.1, 0.15) is 11.5 Å². The van der Waals surface area contributed by atoms with Gasteiger partial charge in [-0.15, -0.1) is 0 Å². The highest BCUT2D eigenvalue weighted by atomic mass is 32.2. The molecule has 9 heteroatoms. The zero-order valence-electron chi connectivity index (χ0n) is 13.8. The SMILES string of the molecule is Cc1c(OCC(F)(F)F)ccnc1CC[S+]([O-])c1nc2ccccc2[nH]1. The van der Waals surface area contributed by atoms with Crippen LogP contribution in [0.1, 0.15) is 11.3 Å². The van der Waals surface area contributed by atoms with E-state index in [1.165, 1.54) is 12.3 Å². The molecule has 1 atom stereocenters. The van der Waals surface area contributed by atoms with Crippen LogP contribution in [0.5, 0.6) is 5.75 Å². The van der Waals surface area contributed by atoms with Crippen LogP contribution in [0.3, 0.4) is 0 Å². The standard InChI is InChI=1S/C17H16F3N3O2S/c1-11-12(21-8-6-15(11)25-10-17(18,19)20)7-9-26(24)16-22-13-4-2-3-5-14(13)23-16/h2-6,8H,7,9-10H2,1H3,(H,22,23). The Kier molecular flexibility index (Phi) is 5.38. The van der Waals surface area contributed by atoms with Gasteiger partial charge in [0, 0.05) is 29.4 Å². The number of pyridine rings is 1. The van der Waals surface area contributed by atoms with Crippen LogP contribution in [0.4, 0.5) is 13.2 Å². The van der Waals surface area contributed by atoms with Gasteiger partial charge in [-0.25, -0.2) is 0 Å². The number of nitrogens with zero attached hydrogens (tertiary/aromatic N) is 2. The van der Waals surface area contributed by atoms with Crippen molar-refractivity contribution < 1.29 is 22.5 Å². The van der Waals surface area contributed by atoms with Crippen LogP contribution >= 0.6 is 0 Å². The van der Waals surface area contributed by atoms with Crippen molar-refractivity contribution in [3.63, 3.8) is 0 Å². The Morgan fingerprint density at radius 2 is 2.00 bits per heavy atom. The maximum Gasteiger partial charge on any atom is 0.422 e. The molecule has 5 nitrogen and oxygen atoms in total. The molecule has 2 aromatic heterocycles. The lowest BCUT2D eigenvalue weighted by Crippen LogP contribution is -2.20. The highest BCUT2D eigenvalue weighted by Crippen LogP contribution is 2.24. The molecule has 2 heterocycles. The van der Waals surface area contributed by atoms with Crippen molar-refractivity contribution in [1.29, 1.82) is 0 Å². The molecule has 0 aliphatic heterocycles. The molecule has 0 amide bonds. The number of hydrogen-bond acceptors (Lipinski definition) is 4. The fourth-order valence-electron chi connectivity index (χ4n) is 2.45. The first kappa shape index (κ1) is 18.5. The van der Waals surface area contributed by atoms with Crippen molar-refractivity contribution in [2.45, 2.75) is 24.7 Å². The van der Waals surface area contributed by atoms with Crippen LogP contribution in [0.25, 0.3) is 11.0 Å². The van der Waals surface area contributed by atoms with E-state index in [-0.39, 0.29) is 11.5 Å². The number of hydrogen-bond donors (Lipinski definition) is 1. The van der Waals surface area contributed by atoms with Crippen LogP contribution < -0.4 is 4.74 Å². The number of aromatic nitrogens is 3. The normalized spacial score (nSPS) is 13.1. The first-order valence-electron chi connectivity index (χ1n) is 7.80. The second-order valence-electron chi connectivity index (χ2n) is 5.64. The summed E-state index contributed by atoms with van der Waals surface area (Å²) in [6.07, 6.45) is -2.68. The van der Waals surface area contributed by atoms with Gasteiger partial charge in [0.15, 0.2) is 6.61 Å². The van der Waals surface area contributed by atoms with Crippen molar-refractivity contribution in [3.8, 4) is 5.75 Å². The number of ether oxygens (including phenoxy) is 1. The molecule has 26 heavy (non-hydrogen) atoms. The molecule has 0 aliphatic rings. The molecule has 0 radical (unpaired) electrons. The van der Waals surface area contributed by atoms with Crippen LogP contribution in [0.2, 0.25) is 0 Å². The highest BCUT2D eigenvalue weighted by Gasteiger charge is 2.29. The summed E-state index contributed by atoms with van der Waals surface area (Å²) >= 11 is -1.38. The number of rotatable bonds is 6. The molecule has 138 valence electrons. The van der Waals surface area contributed by atoms with Gasteiger partial charge in [-0.1, -0.05) is 12.1 Å². The predicted octanol–water partition coefficient (Wildman–Crippen LogP) is 3.56. The minimum absolute atomic E-state index is 0.127. The Hall–Kier alpha value is -2.26. The molecule has 0 saturated heterocycles. The van der Waals surface area contributed by atoms with Crippen molar-refractivity contribution in [1.82, 2.24) is 15.0 Å². The molecule has 0 saturated carbocycles. The van der Waals surface area contributed by atoms with Crippen LogP contribution in [-0.2, 0) is 17.6 Å². The second kappa shape index (κ2) is 7.55. The van der Waals surface area contributed by atoms with Crippen molar-refractivity contribution >= 4 is 22.2 Å². The van der Waals surface area contributed by atoms with E-state index >= 15 is 0 Å². The molecule has 3 aromatic rings. The molecule has 1 N–H and O–H groups in total. The number of H-pyrrole nitrogens is 1. The van der Waals surface area contributed by atoms with Crippen LogP contribution in [0.15, 0.2) is 41.7 Å². The summed E-state index contributed by atoms with van der Waals surface area (Å²) in [7, 11) is 0. The minimum Gasteiger partial charge on any atom is -0.609 e. The molecular formula is C17H16F3N3O2S. The van der Waals surface area contributed by atoms with Crippen molar-refractivity contribution in [2.75, 3.05) is 12.4 Å². The Bertz CT molecular complexity index is 865. The Labute approximate surface area is 150 Å². The maximum atomic E-state index is 12.5. The van der Waals surface area contributed by atoms with E-state index in [1.54, 1.807) is 6.92 Å². The van der Waals surface area contributed by atoms with Gasteiger partial charge in [0.2, 0.25) is 0 Å². The number of aromatic amines is 1. The van der Waals surface area contributed by atoms with Gasteiger partial charge in [-0.3, -0.25) is 9.97 Å². The van der Waals surface area contributed by atoms with Gasteiger partial charge < -0.3 is 9.29 Å². The smallest absolute Gasteiger partial charge is 0.422 e. The molecule has 0 bridgehead atoms. The summed E-state index contributed by atoms with van der Waals surface area (Å²) in [5.74, 6) is 0.373. The number of aryl methyl sites for hydroxylation is 1. The average molecular weight is 383 g/mol. The number of nitrogens with one attached hydrogen (secondary N) is 1. The van der Waals surface area contributed by atoms with E-state index < -0.39 is 24.0 Å². The van der Waals surface area contributed by atoms with E-state index in [0.29, 0.717) is 22.8 Å². The van der Waals surface area contributed by atoms with E-state index in [9.17, 15) is 17.7 Å². The average Bonchev–Trinajstić information content (AvgIpc) is 3.03. The lowest BCUT2D eigenvalue weighted by Gasteiger charge is -2.13.